The number of alkyl halides is 1. The summed E-state index contributed by atoms with van der Waals surface area (Å²) in [6.07, 6.45) is 0.679. The van der Waals surface area contributed by atoms with Crippen molar-refractivity contribution >= 4 is 15.9 Å². The lowest BCUT2D eigenvalue weighted by Crippen LogP contribution is -2.54. The molecular formula is C15H19BrO4. The van der Waals surface area contributed by atoms with Gasteiger partial charge in [-0.2, -0.15) is 0 Å². The highest BCUT2D eigenvalue weighted by Crippen LogP contribution is 2.40. The van der Waals surface area contributed by atoms with Crippen molar-refractivity contribution < 1.29 is 18.9 Å². The van der Waals surface area contributed by atoms with Crippen LogP contribution in [0.1, 0.15) is 12.0 Å². The van der Waals surface area contributed by atoms with Gasteiger partial charge in [-0.15, -0.1) is 0 Å². The van der Waals surface area contributed by atoms with Crippen LogP contribution >= 0.6 is 15.9 Å². The lowest BCUT2D eigenvalue weighted by molar-refractivity contribution is -0.260. The van der Waals surface area contributed by atoms with Crippen LogP contribution in [0.5, 0.6) is 0 Å². The third-order valence-electron chi connectivity index (χ3n) is 3.97. The molecule has 0 amide bonds. The van der Waals surface area contributed by atoms with E-state index in [0.717, 1.165) is 12.0 Å². The summed E-state index contributed by atoms with van der Waals surface area (Å²) in [5, 5.41) is 0.612. The lowest BCUT2D eigenvalue weighted by Gasteiger charge is -2.40. The minimum Gasteiger partial charge on any atom is -0.376 e. The topological polar surface area (TPSA) is 36.9 Å². The van der Waals surface area contributed by atoms with Gasteiger partial charge < -0.3 is 18.9 Å². The summed E-state index contributed by atoms with van der Waals surface area (Å²) < 4.78 is 23.4. The Balaban J connectivity index is 1.64. The molecule has 3 rings (SSSR count). The molecule has 0 spiro atoms. The van der Waals surface area contributed by atoms with Gasteiger partial charge in [-0.05, 0) is 5.56 Å². The number of methoxy groups -OCH3 is 1. The van der Waals surface area contributed by atoms with E-state index in [-0.39, 0.29) is 18.3 Å². The SMILES string of the molecule is CO[C@@H]1C[C@H](OCc2ccccc2)[C@H]2CO[C@]1(CBr)O2. The number of halogens is 1. The van der Waals surface area contributed by atoms with Crippen molar-refractivity contribution in [1.82, 2.24) is 0 Å². The summed E-state index contributed by atoms with van der Waals surface area (Å²) in [6, 6.07) is 10.2. The summed E-state index contributed by atoms with van der Waals surface area (Å²) in [7, 11) is 1.69. The molecule has 0 unspecified atom stereocenters. The number of ether oxygens (including phenoxy) is 4. The standard InChI is InChI=1S/C15H19BrO4/c1-17-14-7-12(13-9-19-15(14,10-16)20-13)18-8-11-5-3-2-4-6-11/h2-6,12-14H,7-10H2,1H3/t12-,13+,14+,15+/m0/s1. The average Bonchev–Trinajstić information content (AvgIpc) is 2.89. The van der Waals surface area contributed by atoms with Crippen molar-refractivity contribution in [3.8, 4) is 0 Å². The van der Waals surface area contributed by atoms with E-state index >= 15 is 0 Å². The van der Waals surface area contributed by atoms with Gasteiger partial charge in [0.1, 0.15) is 12.2 Å². The van der Waals surface area contributed by atoms with Crippen molar-refractivity contribution in [2.24, 2.45) is 0 Å². The largest absolute Gasteiger partial charge is 0.376 e. The molecule has 2 heterocycles. The van der Waals surface area contributed by atoms with E-state index in [1.165, 1.54) is 0 Å². The third kappa shape index (κ3) is 2.65. The van der Waals surface area contributed by atoms with Crippen LogP contribution in [0.25, 0.3) is 0 Å². The van der Waals surface area contributed by atoms with E-state index in [1.54, 1.807) is 7.11 Å². The molecule has 20 heavy (non-hydrogen) atoms. The van der Waals surface area contributed by atoms with Gasteiger partial charge in [0.05, 0.1) is 24.6 Å². The highest BCUT2D eigenvalue weighted by molar-refractivity contribution is 9.09. The molecule has 2 aliphatic rings. The molecule has 4 atom stereocenters. The number of hydrogen-bond acceptors (Lipinski definition) is 4. The molecule has 1 aromatic rings. The van der Waals surface area contributed by atoms with Gasteiger partial charge in [-0.1, -0.05) is 46.3 Å². The molecule has 0 N–H and O–H groups in total. The van der Waals surface area contributed by atoms with Gasteiger partial charge in [0.15, 0.2) is 0 Å². The molecule has 0 aromatic heterocycles. The predicted octanol–water partition coefficient (Wildman–Crippen LogP) is 2.50. The second-order valence-electron chi connectivity index (χ2n) is 5.21. The Morgan fingerprint density at radius 2 is 2.15 bits per heavy atom. The van der Waals surface area contributed by atoms with Crippen LogP contribution in [0, 0.1) is 0 Å². The molecule has 5 heteroatoms. The first kappa shape index (κ1) is 14.5. The Hall–Kier alpha value is -0.460. The molecule has 110 valence electrons. The van der Waals surface area contributed by atoms with E-state index < -0.39 is 5.79 Å². The zero-order chi connectivity index (χ0) is 14.0. The smallest absolute Gasteiger partial charge is 0.205 e. The third-order valence-corrected chi connectivity index (χ3v) is 4.75. The van der Waals surface area contributed by atoms with Crippen molar-refractivity contribution in [3.05, 3.63) is 35.9 Å². The minimum absolute atomic E-state index is 0.00910. The van der Waals surface area contributed by atoms with Crippen molar-refractivity contribution in [3.63, 3.8) is 0 Å². The summed E-state index contributed by atoms with van der Waals surface area (Å²) in [5.74, 6) is -0.647. The van der Waals surface area contributed by atoms with Crippen molar-refractivity contribution in [2.45, 2.75) is 37.1 Å². The summed E-state index contributed by atoms with van der Waals surface area (Å²) in [6.45, 7) is 1.15. The first-order valence-corrected chi connectivity index (χ1v) is 7.95. The fraction of sp³-hybridized carbons (Fsp3) is 0.600. The Labute approximate surface area is 127 Å². The maximum absolute atomic E-state index is 6.02. The fourth-order valence-electron chi connectivity index (χ4n) is 2.83. The first-order chi connectivity index (χ1) is 9.77. The minimum atomic E-state index is -0.647. The molecule has 4 nitrogen and oxygen atoms in total. The van der Waals surface area contributed by atoms with Gasteiger partial charge >= 0.3 is 0 Å². The van der Waals surface area contributed by atoms with Crippen LogP contribution in [-0.4, -0.2) is 43.1 Å². The van der Waals surface area contributed by atoms with Gasteiger partial charge in [0.25, 0.3) is 0 Å². The molecule has 2 saturated heterocycles. The van der Waals surface area contributed by atoms with Crippen molar-refractivity contribution in [1.29, 1.82) is 0 Å². The maximum atomic E-state index is 6.02. The molecule has 0 radical (unpaired) electrons. The molecular weight excluding hydrogens is 324 g/mol. The van der Waals surface area contributed by atoms with E-state index in [0.29, 0.717) is 18.5 Å². The van der Waals surface area contributed by atoms with Crippen LogP contribution in [-0.2, 0) is 25.6 Å². The van der Waals surface area contributed by atoms with Gasteiger partial charge in [-0.25, -0.2) is 0 Å². The zero-order valence-corrected chi connectivity index (χ0v) is 13.0. The van der Waals surface area contributed by atoms with Gasteiger partial charge in [0, 0.05) is 13.5 Å². The first-order valence-electron chi connectivity index (χ1n) is 6.83. The van der Waals surface area contributed by atoms with Crippen LogP contribution in [0.2, 0.25) is 0 Å². The second kappa shape index (κ2) is 6.12. The second-order valence-corrected chi connectivity index (χ2v) is 5.77. The Bertz CT molecular complexity index is 441. The van der Waals surface area contributed by atoms with Crippen LogP contribution in [0.15, 0.2) is 30.3 Å². The van der Waals surface area contributed by atoms with E-state index in [1.807, 2.05) is 18.2 Å². The highest BCUT2D eigenvalue weighted by Gasteiger charge is 2.55. The van der Waals surface area contributed by atoms with Crippen LogP contribution in [0.3, 0.4) is 0 Å². The fourth-order valence-corrected chi connectivity index (χ4v) is 3.48. The summed E-state index contributed by atoms with van der Waals surface area (Å²) >= 11 is 3.46. The maximum Gasteiger partial charge on any atom is 0.205 e. The Morgan fingerprint density at radius 1 is 1.35 bits per heavy atom. The quantitative estimate of drug-likeness (QED) is 0.770. The van der Waals surface area contributed by atoms with E-state index in [2.05, 4.69) is 28.1 Å². The molecule has 2 aliphatic heterocycles. The number of fused-ring (bicyclic) bond motifs is 2. The number of rotatable bonds is 5. The molecule has 0 aliphatic carbocycles. The average molecular weight is 343 g/mol. The van der Waals surface area contributed by atoms with Crippen molar-refractivity contribution in [2.75, 3.05) is 19.0 Å². The summed E-state index contributed by atoms with van der Waals surface area (Å²) in [5.41, 5.74) is 1.16. The lowest BCUT2D eigenvalue weighted by atomic mass is 9.98. The summed E-state index contributed by atoms with van der Waals surface area (Å²) in [4.78, 5) is 0. The Kier molecular flexibility index (Phi) is 4.43. The van der Waals surface area contributed by atoms with Gasteiger partial charge in [0.2, 0.25) is 5.79 Å². The van der Waals surface area contributed by atoms with Gasteiger partial charge in [-0.3, -0.25) is 0 Å². The molecule has 1 aromatic carbocycles. The number of benzene rings is 1. The van der Waals surface area contributed by atoms with E-state index in [4.69, 9.17) is 18.9 Å². The number of hydrogen-bond donors (Lipinski definition) is 0. The normalized spacial score (nSPS) is 36.2. The van der Waals surface area contributed by atoms with Crippen LogP contribution < -0.4 is 0 Å². The highest BCUT2D eigenvalue weighted by atomic mass is 79.9. The monoisotopic (exact) mass is 342 g/mol. The van der Waals surface area contributed by atoms with E-state index in [9.17, 15) is 0 Å². The molecule has 2 fully saturated rings. The van der Waals surface area contributed by atoms with Crippen LogP contribution in [0.4, 0.5) is 0 Å². The molecule has 2 bridgehead atoms. The Morgan fingerprint density at radius 3 is 2.85 bits per heavy atom. The predicted molar refractivity (Wildman–Crippen MR) is 77.8 cm³/mol. The zero-order valence-electron chi connectivity index (χ0n) is 11.5. The molecule has 0 saturated carbocycles.